The molecule has 9 nitrogen and oxygen atoms in total. The summed E-state index contributed by atoms with van der Waals surface area (Å²) >= 11 is 14.9. The van der Waals surface area contributed by atoms with Gasteiger partial charge >= 0.3 is 0 Å². The van der Waals surface area contributed by atoms with E-state index in [1.54, 1.807) is 0 Å². The molecule has 3 rings (SSSR count). The van der Waals surface area contributed by atoms with Gasteiger partial charge in [-0.1, -0.05) is 23.2 Å². The van der Waals surface area contributed by atoms with Crippen molar-refractivity contribution in [3.63, 3.8) is 0 Å². The standard InChI is InChI=1S/C13H5BrCl2N4O5/c14-8-9(16)4(15)2-5(20(24)25)10(8)19-6(21)1-3-7(11(19)17)13(23)18-12(3)22/h1-2H,17H2,(H,18,22,23). The number of hydrogen-bond donors (Lipinski definition) is 2. The molecule has 2 heterocycles. The van der Waals surface area contributed by atoms with E-state index in [4.69, 9.17) is 28.9 Å². The van der Waals surface area contributed by atoms with Crippen LogP contribution in [0.2, 0.25) is 10.0 Å². The molecule has 0 spiro atoms. The van der Waals surface area contributed by atoms with Crippen LogP contribution in [0, 0.1) is 10.1 Å². The van der Waals surface area contributed by atoms with Crippen molar-refractivity contribution in [2.45, 2.75) is 0 Å². The maximum atomic E-state index is 12.4. The molecule has 12 heteroatoms. The quantitative estimate of drug-likeness (QED) is 0.313. The first-order valence-corrected chi connectivity index (χ1v) is 7.93. The van der Waals surface area contributed by atoms with Crippen molar-refractivity contribution >= 4 is 62.5 Å². The highest BCUT2D eigenvalue weighted by molar-refractivity contribution is 9.10. The summed E-state index contributed by atoms with van der Waals surface area (Å²) in [7, 11) is 0. The van der Waals surface area contributed by atoms with Gasteiger partial charge in [-0.15, -0.1) is 0 Å². The van der Waals surface area contributed by atoms with E-state index in [1.165, 1.54) is 0 Å². The number of anilines is 1. The van der Waals surface area contributed by atoms with E-state index < -0.39 is 33.8 Å². The summed E-state index contributed by atoms with van der Waals surface area (Å²) < 4.78 is 0.661. The lowest BCUT2D eigenvalue weighted by Gasteiger charge is -2.15. The number of imide groups is 1. The molecule has 1 aromatic heterocycles. The molecule has 128 valence electrons. The van der Waals surface area contributed by atoms with Crippen molar-refractivity contribution in [1.29, 1.82) is 0 Å². The van der Waals surface area contributed by atoms with Crippen LogP contribution in [-0.4, -0.2) is 21.3 Å². The number of carbonyl (C=O) groups excluding carboxylic acids is 2. The van der Waals surface area contributed by atoms with Gasteiger partial charge in [-0.25, -0.2) is 0 Å². The Morgan fingerprint density at radius 1 is 1.20 bits per heavy atom. The Hall–Kier alpha value is -2.43. The number of nitrogens with one attached hydrogen (secondary N) is 1. The zero-order valence-electron chi connectivity index (χ0n) is 11.8. The van der Waals surface area contributed by atoms with E-state index in [-0.39, 0.29) is 31.3 Å². The summed E-state index contributed by atoms with van der Waals surface area (Å²) in [6.45, 7) is 0. The Labute approximate surface area is 156 Å². The van der Waals surface area contributed by atoms with Crippen LogP contribution < -0.4 is 16.6 Å². The first-order chi connectivity index (χ1) is 11.6. The Kier molecular flexibility index (Phi) is 4.06. The van der Waals surface area contributed by atoms with Crippen LogP contribution in [0.5, 0.6) is 0 Å². The van der Waals surface area contributed by atoms with Crippen molar-refractivity contribution in [1.82, 2.24) is 9.88 Å². The van der Waals surface area contributed by atoms with E-state index in [0.29, 0.717) is 0 Å². The number of nitrogens with two attached hydrogens (primary N) is 1. The number of carbonyl (C=O) groups is 2. The highest BCUT2D eigenvalue weighted by Crippen LogP contribution is 2.41. The van der Waals surface area contributed by atoms with Gasteiger partial charge in [0.25, 0.3) is 23.1 Å². The molecule has 1 aromatic carbocycles. The zero-order chi connectivity index (χ0) is 18.6. The first kappa shape index (κ1) is 17.4. The third-order valence-electron chi connectivity index (χ3n) is 3.49. The Balaban J connectivity index is 2.48. The van der Waals surface area contributed by atoms with Crippen LogP contribution in [0.1, 0.15) is 20.7 Å². The minimum Gasteiger partial charge on any atom is -0.384 e. The Morgan fingerprint density at radius 2 is 1.84 bits per heavy atom. The van der Waals surface area contributed by atoms with Gasteiger partial charge in [0.1, 0.15) is 11.5 Å². The van der Waals surface area contributed by atoms with Crippen molar-refractivity contribution in [3.8, 4) is 5.69 Å². The monoisotopic (exact) mass is 446 g/mol. The third-order valence-corrected chi connectivity index (χ3v) is 5.28. The molecule has 1 aliphatic rings. The second-order valence-corrected chi connectivity index (χ2v) is 6.46. The van der Waals surface area contributed by atoms with Gasteiger partial charge in [0.2, 0.25) is 0 Å². The molecule has 25 heavy (non-hydrogen) atoms. The highest BCUT2D eigenvalue weighted by atomic mass is 79.9. The number of halogens is 3. The maximum absolute atomic E-state index is 12.4. The van der Waals surface area contributed by atoms with E-state index in [1.807, 2.05) is 5.32 Å². The number of nitro benzene ring substituents is 1. The second-order valence-electron chi connectivity index (χ2n) is 4.89. The normalized spacial score (nSPS) is 12.9. The number of pyridine rings is 1. The first-order valence-electron chi connectivity index (χ1n) is 6.38. The van der Waals surface area contributed by atoms with Crippen molar-refractivity contribution in [2.75, 3.05) is 5.73 Å². The van der Waals surface area contributed by atoms with Crippen LogP contribution in [0.15, 0.2) is 21.4 Å². The van der Waals surface area contributed by atoms with Gasteiger partial charge in [0.15, 0.2) is 0 Å². The van der Waals surface area contributed by atoms with Crippen molar-refractivity contribution in [3.05, 3.63) is 58.2 Å². The summed E-state index contributed by atoms with van der Waals surface area (Å²) in [4.78, 5) is 46.6. The largest absolute Gasteiger partial charge is 0.384 e. The van der Waals surface area contributed by atoms with Crippen molar-refractivity contribution < 1.29 is 14.5 Å². The minimum absolute atomic E-state index is 0.0631. The number of amides is 2. The van der Waals surface area contributed by atoms with Crippen LogP contribution in [-0.2, 0) is 0 Å². The van der Waals surface area contributed by atoms with Crippen molar-refractivity contribution in [2.24, 2.45) is 0 Å². The predicted octanol–water partition coefficient (Wildman–Crippen LogP) is 2.28. The summed E-state index contributed by atoms with van der Waals surface area (Å²) in [6, 6.07) is 1.82. The maximum Gasteiger partial charge on any atom is 0.296 e. The lowest BCUT2D eigenvalue weighted by Crippen LogP contribution is -2.25. The third kappa shape index (κ3) is 2.49. The summed E-state index contributed by atoms with van der Waals surface area (Å²) in [6.07, 6.45) is 0. The fourth-order valence-corrected chi connectivity index (χ4v) is 3.48. The SMILES string of the molecule is Nc1c2c(cc(=O)n1-c1c([N+](=O)[O-])cc(Cl)c(Cl)c1Br)C(=O)NC2=O. The lowest BCUT2D eigenvalue weighted by molar-refractivity contribution is -0.384. The van der Waals surface area contributed by atoms with Crippen LogP contribution >= 0.6 is 39.1 Å². The van der Waals surface area contributed by atoms with Gasteiger partial charge in [0, 0.05) is 12.1 Å². The average molecular weight is 448 g/mol. The number of nitrogens with zero attached hydrogens (tertiary/aromatic N) is 2. The smallest absolute Gasteiger partial charge is 0.296 e. The highest BCUT2D eigenvalue weighted by Gasteiger charge is 2.34. The van der Waals surface area contributed by atoms with Gasteiger partial charge < -0.3 is 5.73 Å². The van der Waals surface area contributed by atoms with Crippen LogP contribution in [0.3, 0.4) is 0 Å². The van der Waals surface area contributed by atoms with E-state index in [2.05, 4.69) is 15.9 Å². The number of aromatic nitrogens is 1. The fourth-order valence-electron chi connectivity index (χ4n) is 2.43. The Morgan fingerprint density at radius 3 is 2.44 bits per heavy atom. The number of nitrogen functional groups attached to an aromatic ring is 1. The van der Waals surface area contributed by atoms with Gasteiger partial charge in [-0.05, 0) is 15.9 Å². The molecule has 0 atom stereocenters. The molecule has 2 aromatic rings. The zero-order valence-corrected chi connectivity index (χ0v) is 14.9. The van der Waals surface area contributed by atoms with E-state index in [0.717, 1.165) is 16.7 Å². The predicted molar refractivity (Wildman–Crippen MR) is 92.6 cm³/mol. The van der Waals surface area contributed by atoms with E-state index >= 15 is 0 Å². The Bertz CT molecular complexity index is 1070. The summed E-state index contributed by atoms with van der Waals surface area (Å²) in [5, 5.41) is 13.2. The number of nitro groups is 1. The number of benzene rings is 1. The number of fused-ring (bicyclic) bond motifs is 1. The van der Waals surface area contributed by atoms with Gasteiger partial charge in [-0.3, -0.25) is 34.4 Å². The minimum atomic E-state index is -0.858. The second kappa shape index (κ2) is 5.83. The molecule has 1 aliphatic heterocycles. The summed E-state index contributed by atoms with van der Waals surface area (Å²) in [5.41, 5.74) is 3.68. The molecular formula is C13H5BrCl2N4O5. The van der Waals surface area contributed by atoms with Crippen LogP contribution in [0.25, 0.3) is 5.69 Å². The molecule has 2 amide bonds. The summed E-state index contributed by atoms with van der Waals surface area (Å²) in [5.74, 6) is -2.03. The number of rotatable bonds is 2. The fraction of sp³-hybridized carbons (Fsp3) is 0. The molecule has 0 radical (unpaired) electrons. The van der Waals surface area contributed by atoms with Crippen LogP contribution in [0.4, 0.5) is 11.5 Å². The molecule has 0 unspecified atom stereocenters. The molecule has 0 aliphatic carbocycles. The average Bonchev–Trinajstić information content (AvgIpc) is 2.80. The number of hydrogen-bond acceptors (Lipinski definition) is 6. The molecular weight excluding hydrogens is 443 g/mol. The van der Waals surface area contributed by atoms with Gasteiger partial charge in [0.05, 0.1) is 30.6 Å². The van der Waals surface area contributed by atoms with Gasteiger partial charge in [-0.2, -0.15) is 0 Å². The molecule has 0 saturated heterocycles. The molecule has 0 fully saturated rings. The lowest BCUT2D eigenvalue weighted by atomic mass is 10.1. The molecule has 3 N–H and O–H groups in total. The molecule has 0 bridgehead atoms. The topological polar surface area (TPSA) is 137 Å². The molecule has 0 saturated carbocycles. The van der Waals surface area contributed by atoms with E-state index in [9.17, 15) is 24.5 Å².